The van der Waals surface area contributed by atoms with Gasteiger partial charge < -0.3 is 20.1 Å². The van der Waals surface area contributed by atoms with Crippen molar-refractivity contribution in [3.8, 4) is 5.75 Å². The molecule has 1 fully saturated rings. The van der Waals surface area contributed by atoms with Gasteiger partial charge >= 0.3 is 5.97 Å². The number of halogens is 3. The van der Waals surface area contributed by atoms with E-state index in [1.54, 1.807) is 0 Å². The summed E-state index contributed by atoms with van der Waals surface area (Å²) in [6.07, 6.45) is 5.25. The Morgan fingerprint density at radius 1 is 1.03 bits per heavy atom. The molecule has 2 aromatic heterocycles. The molecule has 0 saturated heterocycles. The Hall–Kier alpha value is -4.12. The topological polar surface area (TPSA) is 113 Å². The van der Waals surface area contributed by atoms with Crippen LogP contribution < -0.4 is 15.6 Å². The number of fused-ring (bicyclic) bond motifs is 3. The number of rotatable bonds is 9. The van der Waals surface area contributed by atoms with Crippen molar-refractivity contribution in [1.29, 1.82) is 0 Å². The fourth-order valence-corrected chi connectivity index (χ4v) is 5.12. The molecule has 3 N–H and O–H groups in total. The van der Waals surface area contributed by atoms with E-state index in [0.29, 0.717) is 6.07 Å². The number of aliphatic carboxylic acids is 1. The number of nitrogens with zero attached hydrogens (tertiary/aromatic N) is 1. The number of pyridine rings is 1. The second kappa shape index (κ2) is 10.9. The van der Waals surface area contributed by atoms with Gasteiger partial charge in [-0.2, -0.15) is 0 Å². The van der Waals surface area contributed by atoms with Crippen LogP contribution in [0.2, 0.25) is 0 Å². The van der Waals surface area contributed by atoms with E-state index >= 15 is 4.39 Å². The van der Waals surface area contributed by atoms with Crippen molar-refractivity contribution in [3.63, 3.8) is 0 Å². The van der Waals surface area contributed by atoms with Gasteiger partial charge in [-0.3, -0.25) is 18.8 Å². The summed E-state index contributed by atoms with van der Waals surface area (Å²) in [5, 5.41) is 12.8. The number of benzene rings is 2. The minimum Gasteiger partial charge on any atom is -0.493 e. The Morgan fingerprint density at radius 3 is 2.49 bits per heavy atom. The molecular formula is C28H26F3N3O5. The molecule has 11 heteroatoms. The van der Waals surface area contributed by atoms with Crippen molar-refractivity contribution in [3.05, 3.63) is 81.4 Å². The zero-order chi connectivity index (χ0) is 27.7. The van der Waals surface area contributed by atoms with Gasteiger partial charge in [0.2, 0.25) is 0 Å². The first-order valence-electron chi connectivity index (χ1n) is 12.7. The zero-order valence-electron chi connectivity index (χ0n) is 20.8. The van der Waals surface area contributed by atoms with Crippen molar-refractivity contribution in [2.45, 2.75) is 50.6 Å². The van der Waals surface area contributed by atoms with Gasteiger partial charge in [0.1, 0.15) is 34.6 Å². The smallest absolute Gasteiger partial charge is 0.320 e. The molecule has 204 valence electrons. The number of imidazole rings is 1. The fraction of sp³-hybridized carbons (Fsp3) is 0.321. The molecule has 1 unspecified atom stereocenters. The highest BCUT2D eigenvalue weighted by Gasteiger charge is 2.24. The minimum absolute atomic E-state index is 0.00457. The Labute approximate surface area is 220 Å². The number of carbonyl (C=O) groups is 2. The number of carboxylic acids is 1. The summed E-state index contributed by atoms with van der Waals surface area (Å²) in [6.45, 7) is -0.00457. The molecule has 1 atom stereocenters. The van der Waals surface area contributed by atoms with Crippen molar-refractivity contribution in [1.82, 2.24) is 14.7 Å². The van der Waals surface area contributed by atoms with E-state index in [4.69, 9.17) is 4.74 Å². The average molecular weight is 542 g/mol. The second-order valence-electron chi connectivity index (χ2n) is 9.68. The molecule has 4 aromatic rings. The molecule has 2 aromatic carbocycles. The van der Waals surface area contributed by atoms with Crippen molar-refractivity contribution in [2.24, 2.45) is 0 Å². The Morgan fingerprint density at radius 2 is 1.77 bits per heavy atom. The standard InChI is InChI=1S/C28H26F3N3O5/c29-15-6-7-18(20(30)12-15)26(36)19-8-9-24(35)34-25-21(31)13-17(14-23(25)33-27(19)34)39-11-10-22(28(37)38)32-16-4-2-1-3-5-16/h6-9,12-14,16,22,32-33H,1-5,10-11H2,(H,37,38). The summed E-state index contributed by atoms with van der Waals surface area (Å²) in [7, 11) is 0. The van der Waals surface area contributed by atoms with E-state index in [1.165, 1.54) is 12.1 Å². The number of carboxylic acid groups (broad SMARTS) is 1. The van der Waals surface area contributed by atoms with Crippen LogP contribution in [0.3, 0.4) is 0 Å². The van der Waals surface area contributed by atoms with Gasteiger partial charge in [0.05, 0.1) is 23.3 Å². The van der Waals surface area contributed by atoms with E-state index in [1.807, 2.05) is 0 Å². The van der Waals surface area contributed by atoms with Crippen LogP contribution in [0.5, 0.6) is 5.75 Å². The number of aromatic amines is 1. The quantitative estimate of drug-likeness (QED) is 0.268. The third-order valence-electron chi connectivity index (χ3n) is 7.04. The molecule has 0 amide bonds. The number of ketones is 1. The van der Waals surface area contributed by atoms with Gasteiger partial charge in [-0.05, 0) is 31.0 Å². The minimum atomic E-state index is -1.07. The number of nitrogens with one attached hydrogen (secondary N) is 2. The number of hydrogen-bond acceptors (Lipinski definition) is 5. The van der Waals surface area contributed by atoms with Crippen LogP contribution in [-0.2, 0) is 4.79 Å². The Kier molecular flexibility index (Phi) is 7.42. The first-order valence-corrected chi connectivity index (χ1v) is 12.7. The molecule has 8 nitrogen and oxygen atoms in total. The highest BCUT2D eigenvalue weighted by Crippen LogP contribution is 2.27. The maximum Gasteiger partial charge on any atom is 0.320 e. The molecule has 1 aliphatic rings. The largest absolute Gasteiger partial charge is 0.493 e. The van der Waals surface area contributed by atoms with Gasteiger partial charge in [0, 0.05) is 36.7 Å². The summed E-state index contributed by atoms with van der Waals surface area (Å²) in [5.41, 5.74) is -1.22. The molecule has 39 heavy (non-hydrogen) atoms. The zero-order valence-corrected chi connectivity index (χ0v) is 20.8. The Bertz CT molecular complexity index is 1620. The molecule has 2 heterocycles. The van der Waals surface area contributed by atoms with E-state index in [9.17, 15) is 28.3 Å². The molecule has 5 rings (SSSR count). The van der Waals surface area contributed by atoms with Crippen LogP contribution in [0.4, 0.5) is 13.2 Å². The molecule has 0 radical (unpaired) electrons. The maximum absolute atomic E-state index is 15.2. The highest BCUT2D eigenvalue weighted by atomic mass is 19.1. The van der Waals surface area contributed by atoms with Gasteiger partial charge in [0.25, 0.3) is 5.56 Å². The number of carbonyl (C=O) groups excluding carboxylic acids is 1. The summed E-state index contributed by atoms with van der Waals surface area (Å²) in [5.74, 6) is -4.45. The van der Waals surface area contributed by atoms with E-state index in [-0.39, 0.29) is 47.1 Å². The number of aromatic nitrogens is 2. The number of hydrogen-bond donors (Lipinski definition) is 3. The van der Waals surface area contributed by atoms with E-state index in [0.717, 1.165) is 60.8 Å². The lowest BCUT2D eigenvalue weighted by molar-refractivity contribution is -0.140. The molecule has 0 spiro atoms. The molecule has 1 aliphatic carbocycles. The monoisotopic (exact) mass is 541 g/mol. The third-order valence-corrected chi connectivity index (χ3v) is 7.04. The maximum atomic E-state index is 15.2. The SMILES string of the molecule is O=C(c1ccc(F)cc1F)c1ccc(=O)n2c1[nH]c1cc(OCCC(NC3CCCCC3)C(=O)O)cc(F)c12. The number of H-pyrrole nitrogens is 1. The second-order valence-corrected chi connectivity index (χ2v) is 9.68. The first kappa shape index (κ1) is 26.5. The lowest BCUT2D eigenvalue weighted by Gasteiger charge is -2.26. The first-order chi connectivity index (χ1) is 18.7. The van der Waals surface area contributed by atoms with Gasteiger partial charge in [0.15, 0.2) is 11.6 Å². The van der Waals surface area contributed by atoms with Crippen LogP contribution in [0.15, 0.2) is 47.3 Å². The van der Waals surface area contributed by atoms with Crippen LogP contribution in [0.25, 0.3) is 16.7 Å². The summed E-state index contributed by atoms with van der Waals surface area (Å²) in [4.78, 5) is 40.3. The third kappa shape index (κ3) is 5.40. The Balaban J connectivity index is 1.41. The van der Waals surface area contributed by atoms with Crippen molar-refractivity contribution >= 4 is 28.4 Å². The summed E-state index contributed by atoms with van der Waals surface area (Å²) < 4.78 is 49.5. The van der Waals surface area contributed by atoms with E-state index in [2.05, 4.69) is 10.3 Å². The van der Waals surface area contributed by atoms with Crippen LogP contribution >= 0.6 is 0 Å². The van der Waals surface area contributed by atoms with E-state index < -0.39 is 46.4 Å². The molecule has 0 aliphatic heterocycles. The predicted octanol–water partition coefficient (Wildman–Crippen LogP) is 4.57. The van der Waals surface area contributed by atoms with Crippen LogP contribution in [0, 0.1) is 17.5 Å². The normalized spacial score (nSPS) is 15.1. The molecule has 0 bridgehead atoms. The highest BCUT2D eigenvalue weighted by molar-refractivity contribution is 6.13. The molecular weight excluding hydrogens is 515 g/mol. The van der Waals surface area contributed by atoms with Crippen LogP contribution in [0.1, 0.15) is 54.4 Å². The van der Waals surface area contributed by atoms with Gasteiger partial charge in [-0.15, -0.1) is 0 Å². The van der Waals surface area contributed by atoms with Gasteiger partial charge in [-0.25, -0.2) is 13.2 Å². The summed E-state index contributed by atoms with van der Waals surface area (Å²) in [6, 6.07) is 6.60. The van der Waals surface area contributed by atoms with Crippen LogP contribution in [-0.4, -0.2) is 44.9 Å². The summed E-state index contributed by atoms with van der Waals surface area (Å²) >= 11 is 0. The average Bonchev–Trinajstić information content (AvgIpc) is 3.29. The predicted molar refractivity (Wildman–Crippen MR) is 137 cm³/mol. The fourth-order valence-electron chi connectivity index (χ4n) is 5.12. The number of ether oxygens (including phenoxy) is 1. The van der Waals surface area contributed by atoms with Gasteiger partial charge in [-0.1, -0.05) is 19.3 Å². The van der Waals surface area contributed by atoms with Crippen molar-refractivity contribution < 1.29 is 32.6 Å². The van der Waals surface area contributed by atoms with Crippen molar-refractivity contribution in [2.75, 3.05) is 6.61 Å². The molecule has 1 saturated carbocycles. The lowest BCUT2D eigenvalue weighted by Crippen LogP contribution is -2.44. The lowest BCUT2D eigenvalue weighted by atomic mass is 9.94.